The minimum absolute atomic E-state index is 0.00724. The molecule has 0 unspecified atom stereocenters. The Hall–Kier alpha value is -6.57. The second kappa shape index (κ2) is 24.3. The van der Waals surface area contributed by atoms with Gasteiger partial charge in [-0.25, -0.2) is 0 Å². The van der Waals surface area contributed by atoms with Gasteiger partial charge in [-0.3, -0.25) is 24.0 Å². The standard InChI is InChI=1S/C45H52N2O12/c1-5-53-41(49)29-46(30-42(50)54-6-2)36-21-15-16-22-38(36)57-25-26-58-39-24-23-33(27-37(39)47(31-43(51)55-7-3)32-44(52)56-8-4)28-40(48)59-45(34-17-11-9-12-18-34)35-19-13-10-14-20-35/h9-24,27,45H,5-8,25-26,28-32H2,1-4H3. The molecule has 4 aromatic carbocycles. The zero-order valence-corrected chi connectivity index (χ0v) is 34.0. The molecule has 0 atom stereocenters. The second-order valence-electron chi connectivity index (χ2n) is 12.8. The molecule has 4 rings (SSSR count). The van der Waals surface area contributed by atoms with E-state index in [0.29, 0.717) is 22.7 Å². The number of esters is 5. The van der Waals surface area contributed by atoms with Crippen molar-refractivity contribution < 1.29 is 57.1 Å². The number of carbonyl (C=O) groups excluding carboxylic acids is 5. The number of ether oxygens (including phenoxy) is 7. The average Bonchev–Trinajstić information content (AvgIpc) is 3.22. The largest absolute Gasteiger partial charge is 0.488 e. The SMILES string of the molecule is CCOC(=O)CN(CC(=O)OCC)c1ccccc1OCCOc1ccc(CC(=O)OC(c2ccccc2)c2ccccc2)cc1N(CC(=O)OCC)CC(=O)OCC. The van der Waals surface area contributed by atoms with Gasteiger partial charge in [0, 0.05) is 0 Å². The van der Waals surface area contributed by atoms with Crippen molar-refractivity contribution in [3.63, 3.8) is 0 Å². The Morgan fingerprint density at radius 3 is 1.34 bits per heavy atom. The highest BCUT2D eigenvalue weighted by molar-refractivity contribution is 5.84. The topological polar surface area (TPSA) is 156 Å². The molecule has 0 radical (unpaired) electrons. The van der Waals surface area contributed by atoms with E-state index in [0.717, 1.165) is 11.1 Å². The summed E-state index contributed by atoms with van der Waals surface area (Å²) in [5.74, 6) is -2.08. The molecular formula is C45H52N2O12. The van der Waals surface area contributed by atoms with Gasteiger partial charge in [0.1, 0.15) is 50.9 Å². The van der Waals surface area contributed by atoms with Crippen LogP contribution in [0.4, 0.5) is 11.4 Å². The van der Waals surface area contributed by atoms with Crippen LogP contribution >= 0.6 is 0 Å². The fourth-order valence-electron chi connectivity index (χ4n) is 6.01. The number of anilines is 2. The molecule has 0 saturated carbocycles. The minimum atomic E-state index is -0.649. The predicted molar refractivity (Wildman–Crippen MR) is 219 cm³/mol. The van der Waals surface area contributed by atoms with Gasteiger partial charge < -0.3 is 43.0 Å². The van der Waals surface area contributed by atoms with Crippen LogP contribution in [0.25, 0.3) is 0 Å². The summed E-state index contributed by atoms with van der Waals surface area (Å²) < 4.78 is 39.1. The molecule has 0 aliphatic heterocycles. The Morgan fingerprint density at radius 2 is 0.881 bits per heavy atom. The summed E-state index contributed by atoms with van der Waals surface area (Å²) >= 11 is 0. The molecule has 14 nitrogen and oxygen atoms in total. The van der Waals surface area contributed by atoms with Gasteiger partial charge in [-0.2, -0.15) is 0 Å². The van der Waals surface area contributed by atoms with E-state index in [1.165, 1.54) is 9.80 Å². The number of hydrogen-bond acceptors (Lipinski definition) is 14. The Kier molecular flexibility index (Phi) is 18.6. The Morgan fingerprint density at radius 1 is 0.475 bits per heavy atom. The first kappa shape index (κ1) is 45.1. The molecule has 0 N–H and O–H groups in total. The maximum atomic E-state index is 13.6. The van der Waals surface area contributed by atoms with Crippen molar-refractivity contribution >= 4 is 41.2 Å². The quantitative estimate of drug-likeness (QED) is 0.0469. The lowest BCUT2D eigenvalue weighted by molar-refractivity contribution is -0.147. The Labute approximate surface area is 344 Å². The van der Waals surface area contributed by atoms with Crippen LogP contribution in [0.5, 0.6) is 11.5 Å². The number of hydrogen-bond donors (Lipinski definition) is 0. The molecule has 14 heteroatoms. The minimum Gasteiger partial charge on any atom is -0.488 e. The number of para-hydroxylation sites is 2. The zero-order valence-electron chi connectivity index (χ0n) is 34.0. The first-order valence-electron chi connectivity index (χ1n) is 19.5. The number of carbonyl (C=O) groups is 5. The van der Waals surface area contributed by atoms with Crippen molar-refractivity contribution in [1.82, 2.24) is 0 Å². The molecule has 0 saturated heterocycles. The normalized spacial score (nSPS) is 10.6. The van der Waals surface area contributed by atoms with Crippen molar-refractivity contribution in [3.05, 3.63) is 120 Å². The monoisotopic (exact) mass is 812 g/mol. The summed E-state index contributed by atoms with van der Waals surface area (Å²) in [7, 11) is 0. The van der Waals surface area contributed by atoms with Crippen molar-refractivity contribution in [1.29, 1.82) is 0 Å². The number of nitrogens with zero attached hydrogens (tertiary/aromatic N) is 2. The Bertz CT molecular complexity index is 1880. The molecule has 59 heavy (non-hydrogen) atoms. The number of rotatable bonds is 24. The molecule has 0 aromatic heterocycles. The van der Waals surface area contributed by atoms with Crippen LogP contribution in [0.2, 0.25) is 0 Å². The highest BCUT2D eigenvalue weighted by Crippen LogP contribution is 2.32. The highest BCUT2D eigenvalue weighted by Gasteiger charge is 2.24. The van der Waals surface area contributed by atoms with E-state index in [-0.39, 0.29) is 78.0 Å². The average molecular weight is 813 g/mol. The van der Waals surface area contributed by atoms with Crippen molar-refractivity contribution in [2.45, 2.75) is 40.2 Å². The van der Waals surface area contributed by atoms with Crippen LogP contribution < -0.4 is 19.3 Å². The van der Waals surface area contributed by atoms with Gasteiger partial charge in [0.25, 0.3) is 0 Å². The van der Waals surface area contributed by atoms with Gasteiger partial charge in [-0.15, -0.1) is 0 Å². The molecule has 0 aliphatic rings. The van der Waals surface area contributed by atoms with E-state index < -0.39 is 36.0 Å². The van der Waals surface area contributed by atoms with E-state index in [2.05, 4.69) is 0 Å². The molecule has 0 heterocycles. The molecule has 314 valence electrons. The second-order valence-corrected chi connectivity index (χ2v) is 12.8. The van der Waals surface area contributed by atoms with Crippen molar-refractivity contribution in [3.8, 4) is 11.5 Å². The summed E-state index contributed by atoms with van der Waals surface area (Å²) in [5.41, 5.74) is 2.93. The summed E-state index contributed by atoms with van der Waals surface area (Å²) in [6.45, 7) is 6.27. The third-order valence-electron chi connectivity index (χ3n) is 8.47. The lowest BCUT2D eigenvalue weighted by Gasteiger charge is -2.26. The van der Waals surface area contributed by atoms with E-state index >= 15 is 0 Å². The fraction of sp³-hybridized carbons (Fsp3) is 0.356. The lowest BCUT2D eigenvalue weighted by atomic mass is 10.0. The van der Waals surface area contributed by atoms with Crippen LogP contribution in [0.15, 0.2) is 103 Å². The van der Waals surface area contributed by atoms with Gasteiger partial charge in [-0.1, -0.05) is 78.9 Å². The third-order valence-corrected chi connectivity index (χ3v) is 8.47. The lowest BCUT2D eigenvalue weighted by Crippen LogP contribution is -2.36. The van der Waals surface area contributed by atoms with Gasteiger partial charge in [0.05, 0.1) is 44.2 Å². The van der Waals surface area contributed by atoms with Gasteiger partial charge in [0.15, 0.2) is 6.10 Å². The highest BCUT2D eigenvalue weighted by atomic mass is 16.6. The molecular weight excluding hydrogens is 760 g/mol. The van der Waals surface area contributed by atoms with E-state index in [1.54, 1.807) is 70.2 Å². The molecule has 0 spiro atoms. The smallest absolute Gasteiger partial charge is 0.325 e. The zero-order chi connectivity index (χ0) is 42.4. The first-order chi connectivity index (χ1) is 28.6. The van der Waals surface area contributed by atoms with Gasteiger partial charge in [-0.05, 0) is 68.7 Å². The van der Waals surface area contributed by atoms with E-state index in [4.69, 9.17) is 33.2 Å². The van der Waals surface area contributed by atoms with E-state index in [1.807, 2.05) is 60.7 Å². The molecule has 0 amide bonds. The van der Waals surface area contributed by atoms with Crippen molar-refractivity contribution in [2.24, 2.45) is 0 Å². The summed E-state index contributed by atoms with van der Waals surface area (Å²) in [6, 6.07) is 30.8. The van der Waals surface area contributed by atoms with Crippen molar-refractivity contribution in [2.75, 3.05) is 75.6 Å². The first-order valence-corrected chi connectivity index (χ1v) is 19.5. The molecule has 0 fully saturated rings. The fourth-order valence-corrected chi connectivity index (χ4v) is 6.01. The molecule has 0 bridgehead atoms. The van der Waals surface area contributed by atoms with Gasteiger partial charge >= 0.3 is 29.8 Å². The van der Waals surface area contributed by atoms with Crippen LogP contribution in [-0.4, -0.2) is 95.7 Å². The third kappa shape index (κ3) is 14.7. The Balaban J connectivity index is 1.59. The van der Waals surface area contributed by atoms with Gasteiger partial charge in [0.2, 0.25) is 0 Å². The number of benzene rings is 4. The maximum absolute atomic E-state index is 13.6. The maximum Gasteiger partial charge on any atom is 0.325 e. The van der Waals surface area contributed by atoms with Crippen LogP contribution in [0, 0.1) is 0 Å². The predicted octanol–water partition coefficient (Wildman–Crippen LogP) is 5.88. The summed E-state index contributed by atoms with van der Waals surface area (Å²) in [6.07, 6.45) is -0.784. The van der Waals surface area contributed by atoms with Crippen LogP contribution in [-0.2, 0) is 54.1 Å². The van der Waals surface area contributed by atoms with Crippen LogP contribution in [0.3, 0.4) is 0 Å². The van der Waals surface area contributed by atoms with E-state index in [9.17, 15) is 24.0 Å². The summed E-state index contributed by atoms with van der Waals surface area (Å²) in [5, 5.41) is 0. The molecule has 4 aromatic rings. The molecule has 0 aliphatic carbocycles. The van der Waals surface area contributed by atoms with Crippen LogP contribution in [0.1, 0.15) is 50.5 Å². The summed E-state index contributed by atoms with van der Waals surface area (Å²) in [4.78, 5) is 67.2.